The Balaban J connectivity index is 1.93. The Morgan fingerprint density at radius 2 is 1.91 bits per heavy atom. The van der Waals surface area contributed by atoms with Crippen LogP contribution < -0.4 is 15.2 Å². The van der Waals surface area contributed by atoms with Gasteiger partial charge in [0.15, 0.2) is 0 Å². The van der Waals surface area contributed by atoms with Gasteiger partial charge in [0.25, 0.3) is 0 Å². The summed E-state index contributed by atoms with van der Waals surface area (Å²) in [5, 5.41) is 1.53. The number of hydrogen-bond acceptors (Lipinski definition) is 4. The molecule has 2 N–H and O–H groups in total. The van der Waals surface area contributed by atoms with E-state index in [1.54, 1.807) is 19.4 Å². The smallest absolute Gasteiger partial charge is 0.130 e. The van der Waals surface area contributed by atoms with Gasteiger partial charge in [-0.1, -0.05) is 23.7 Å². The summed E-state index contributed by atoms with van der Waals surface area (Å²) in [4.78, 5) is 4.31. The van der Waals surface area contributed by atoms with Gasteiger partial charge in [-0.3, -0.25) is 4.98 Å². The second-order valence-electron chi connectivity index (χ2n) is 4.84. The quantitative estimate of drug-likeness (QED) is 0.738. The van der Waals surface area contributed by atoms with Crippen LogP contribution in [0.15, 0.2) is 48.7 Å². The first-order valence-electron chi connectivity index (χ1n) is 6.77. The predicted octanol–water partition coefficient (Wildman–Crippen LogP) is 4.06. The molecule has 0 atom stereocenters. The molecule has 3 rings (SSSR count). The molecule has 0 radical (unpaired) electrons. The van der Waals surface area contributed by atoms with Crippen molar-refractivity contribution in [2.75, 3.05) is 12.8 Å². The van der Waals surface area contributed by atoms with Gasteiger partial charge >= 0.3 is 0 Å². The number of methoxy groups -OCH3 is 1. The standard InChI is InChI=1S/C17H15ClN2O2/c1-21-13-8-14-16(6-7-20-17(14)15(19)9-13)22-10-11-2-4-12(18)5-3-11/h2-9H,10,19H2,1H3. The molecular formula is C17H15ClN2O2. The van der Waals surface area contributed by atoms with E-state index >= 15 is 0 Å². The number of nitrogen functional groups attached to an aromatic ring is 1. The Hall–Kier alpha value is -2.46. The third-order valence-corrected chi connectivity index (χ3v) is 3.60. The molecule has 5 heteroatoms. The topological polar surface area (TPSA) is 57.4 Å². The maximum absolute atomic E-state index is 6.01. The Labute approximate surface area is 133 Å². The van der Waals surface area contributed by atoms with Gasteiger partial charge in [-0.15, -0.1) is 0 Å². The molecule has 22 heavy (non-hydrogen) atoms. The summed E-state index contributed by atoms with van der Waals surface area (Å²) < 4.78 is 11.2. The fourth-order valence-corrected chi connectivity index (χ4v) is 2.34. The van der Waals surface area contributed by atoms with Crippen LogP contribution in [0.4, 0.5) is 5.69 Å². The van der Waals surface area contributed by atoms with Crippen molar-refractivity contribution in [1.29, 1.82) is 0 Å². The molecule has 112 valence electrons. The maximum Gasteiger partial charge on any atom is 0.130 e. The van der Waals surface area contributed by atoms with Gasteiger partial charge in [0.1, 0.15) is 18.1 Å². The summed E-state index contributed by atoms with van der Waals surface area (Å²) in [5.41, 5.74) is 8.31. The SMILES string of the molecule is COc1cc(N)c2nccc(OCc3ccc(Cl)cc3)c2c1. The molecule has 0 unspecified atom stereocenters. The second kappa shape index (κ2) is 6.12. The number of hydrogen-bond donors (Lipinski definition) is 1. The number of anilines is 1. The van der Waals surface area contributed by atoms with Gasteiger partial charge in [-0.05, 0) is 29.8 Å². The molecule has 0 saturated heterocycles. The highest BCUT2D eigenvalue weighted by Gasteiger charge is 2.09. The van der Waals surface area contributed by atoms with Gasteiger partial charge in [-0.25, -0.2) is 0 Å². The lowest BCUT2D eigenvalue weighted by atomic mass is 10.1. The van der Waals surface area contributed by atoms with Crippen molar-refractivity contribution in [3.05, 3.63) is 59.2 Å². The first-order valence-corrected chi connectivity index (χ1v) is 7.14. The van der Waals surface area contributed by atoms with Crippen LogP contribution in [0, 0.1) is 0 Å². The average molecular weight is 315 g/mol. The van der Waals surface area contributed by atoms with E-state index in [1.807, 2.05) is 36.4 Å². The number of halogens is 1. The van der Waals surface area contributed by atoms with Crippen LogP contribution >= 0.6 is 11.6 Å². The molecule has 1 heterocycles. The van der Waals surface area contributed by atoms with E-state index in [2.05, 4.69) is 4.98 Å². The van der Waals surface area contributed by atoms with Crippen molar-refractivity contribution in [3.8, 4) is 11.5 Å². The third kappa shape index (κ3) is 2.92. The fraction of sp³-hybridized carbons (Fsp3) is 0.118. The van der Waals surface area contributed by atoms with Crippen LogP contribution in [-0.2, 0) is 6.61 Å². The van der Waals surface area contributed by atoms with Gasteiger partial charge in [0.05, 0.1) is 18.3 Å². The van der Waals surface area contributed by atoms with Crippen LogP contribution in [0.5, 0.6) is 11.5 Å². The van der Waals surface area contributed by atoms with Crippen molar-refractivity contribution in [2.24, 2.45) is 0 Å². The molecule has 2 aromatic carbocycles. The minimum atomic E-state index is 0.438. The molecular weight excluding hydrogens is 300 g/mol. The molecule has 0 spiro atoms. The van der Waals surface area contributed by atoms with Gasteiger partial charge < -0.3 is 15.2 Å². The molecule has 0 aliphatic carbocycles. The highest BCUT2D eigenvalue weighted by molar-refractivity contribution is 6.30. The zero-order valence-corrected chi connectivity index (χ0v) is 12.8. The first kappa shape index (κ1) is 14.5. The molecule has 4 nitrogen and oxygen atoms in total. The number of rotatable bonds is 4. The Morgan fingerprint density at radius 3 is 2.64 bits per heavy atom. The number of ether oxygens (including phenoxy) is 2. The van der Waals surface area contributed by atoms with Crippen molar-refractivity contribution in [3.63, 3.8) is 0 Å². The summed E-state index contributed by atoms with van der Waals surface area (Å²) in [6.45, 7) is 0.438. The molecule has 0 bridgehead atoms. The van der Waals surface area contributed by atoms with E-state index in [9.17, 15) is 0 Å². The minimum absolute atomic E-state index is 0.438. The number of fused-ring (bicyclic) bond motifs is 1. The summed E-state index contributed by atoms with van der Waals surface area (Å²) >= 11 is 5.88. The van der Waals surface area contributed by atoms with Crippen LogP contribution in [0.1, 0.15) is 5.56 Å². The summed E-state index contributed by atoms with van der Waals surface area (Å²) in [5.74, 6) is 1.39. The van der Waals surface area contributed by atoms with Gasteiger partial charge in [0.2, 0.25) is 0 Å². The lowest BCUT2D eigenvalue weighted by Gasteiger charge is -2.11. The highest BCUT2D eigenvalue weighted by Crippen LogP contribution is 2.32. The molecule has 3 aromatic rings. The summed E-state index contributed by atoms with van der Waals surface area (Å²) in [7, 11) is 1.60. The molecule has 0 fully saturated rings. The predicted molar refractivity (Wildman–Crippen MR) is 88.5 cm³/mol. The average Bonchev–Trinajstić information content (AvgIpc) is 2.54. The van der Waals surface area contributed by atoms with Gasteiger partial charge in [0, 0.05) is 22.7 Å². The second-order valence-corrected chi connectivity index (χ2v) is 5.27. The zero-order valence-electron chi connectivity index (χ0n) is 12.0. The summed E-state index contributed by atoms with van der Waals surface area (Å²) in [6.07, 6.45) is 1.68. The van der Waals surface area contributed by atoms with Crippen LogP contribution in [0.3, 0.4) is 0 Å². The Morgan fingerprint density at radius 1 is 1.14 bits per heavy atom. The lowest BCUT2D eigenvalue weighted by molar-refractivity contribution is 0.309. The van der Waals surface area contributed by atoms with Crippen LogP contribution in [-0.4, -0.2) is 12.1 Å². The molecule has 0 aliphatic rings. The Kier molecular flexibility index (Phi) is 4.02. The largest absolute Gasteiger partial charge is 0.497 e. The normalized spacial score (nSPS) is 10.6. The number of aromatic nitrogens is 1. The van der Waals surface area contributed by atoms with E-state index in [0.717, 1.165) is 10.9 Å². The number of nitrogens with zero attached hydrogens (tertiary/aromatic N) is 1. The monoisotopic (exact) mass is 314 g/mol. The minimum Gasteiger partial charge on any atom is -0.497 e. The van der Waals surface area contributed by atoms with Crippen molar-refractivity contribution in [2.45, 2.75) is 6.61 Å². The van der Waals surface area contributed by atoms with E-state index < -0.39 is 0 Å². The summed E-state index contributed by atoms with van der Waals surface area (Å²) in [6, 6.07) is 13.0. The number of pyridine rings is 1. The highest BCUT2D eigenvalue weighted by atomic mass is 35.5. The van der Waals surface area contributed by atoms with Crippen LogP contribution in [0.2, 0.25) is 5.02 Å². The van der Waals surface area contributed by atoms with Crippen molar-refractivity contribution < 1.29 is 9.47 Å². The van der Waals surface area contributed by atoms with Gasteiger partial charge in [-0.2, -0.15) is 0 Å². The van der Waals surface area contributed by atoms with Crippen LogP contribution in [0.25, 0.3) is 10.9 Å². The van der Waals surface area contributed by atoms with E-state index in [4.69, 9.17) is 26.8 Å². The maximum atomic E-state index is 6.01. The van der Waals surface area contributed by atoms with Crippen molar-refractivity contribution >= 4 is 28.2 Å². The third-order valence-electron chi connectivity index (χ3n) is 3.35. The Bertz CT molecular complexity index is 804. The zero-order chi connectivity index (χ0) is 15.5. The molecule has 0 amide bonds. The molecule has 0 aliphatic heterocycles. The first-order chi connectivity index (χ1) is 10.7. The number of benzene rings is 2. The van der Waals surface area contributed by atoms with E-state index in [-0.39, 0.29) is 0 Å². The fourth-order valence-electron chi connectivity index (χ4n) is 2.22. The van der Waals surface area contributed by atoms with E-state index in [0.29, 0.717) is 34.3 Å². The molecule has 0 saturated carbocycles. The lowest BCUT2D eigenvalue weighted by Crippen LogP contribution is -1.98. The van der Waals surface area contributed by atoms with Crippen molar-refractivity contribution in [1.82, 2.24) is 4.98 Å². The van der Waals surface area contributed by atoms with E-state index in [1.165, 1.54) is 0 Å². The number of nitrogens with two attached hydrogens (primary N) is 1. The molecule has 1 aromatic heterocycles.